The van der Waals surface area contributed by atoms with Gasteiger partial charge in [-0.05, 0) is 6.42 Å². The molecule has 1 atom stereocenters. The van der Waals surface area contributed by atoms with Crippen LogP contribution in [0.3, 0.4) is 0 Å². The fourth-order valence-electron chi connectivity index (χ4n) is 1.17. The Morgan fingerprint density at radius 1 is 1.50 bits per heavy atom. The highest BCUT2D eigenvalue weighted by Gasteiger charge is 2.28. The Morgan fingerprint density at radius 2 is 2.17 bits per heavy atom. The van der Waals surface area contributed by atoms with Crippen molar-refractivity contribution in [3.63, 3.8) is 0 Å². The van der Waals surface area contributed by atoms with Gasteiger partial charge < -0.3 is 4.74 Å². The lowest BCUT2D eigenvalue weighted by atomic mass is 9.95. The molecular weight excluding hydrogens is 160 g/mol. The molecular formula is C8H10O4. The van der Waals surface area contributed by atoms with E-state index < -0.39 is 12.1 Å². The Balaban J connectivity index is 2.51. The molecule has 1 aliphatic rings. The predicted octanol–water partition coefficient (Wildman–Crippen LogP) is 0.240. The SMILES string of the molecule is CC(=O)OC1CCC(=O)CC1=O. The average molecular weight is 170 g/mol. The molecule has 0 aromatic heterocycles. The first kappa shape index (κ1) is 8.90. The maximum absolute atomic E-state index is 11.0. The Labute approximate surface area is 69.9 Å². The van der Waals surface area contributed by atoms with Crippen molar-refractivity contribution in [1.29, 1.82) is 0 Å². The summed E-state index contributed by atoms with van der Waals surface area (Å²) in [5.74, 6) is -0.812. The van der Waals surface area contributed by atoms with Crippen LogP contribution in [0, 0.1) is 0 Å². The van der Waals surface area contributed by atoms with Crippen LogP contribution in [-0.4, -0.2) is 23.6 Å². The van der Waals surface area contributed by atoms with Crippen molar-refractivity contribution in [2.24, 2.45) is 0 Å². The Kier molecular flexibility index (Phi) is 2.58. The third-order valence-electron chi connectivity index (χ3n) is 1.72. The van der Waals surface area contributed by atoms with Crippen molar-refractivity contribution < 1.29 is 19.1 Å². The van der Waals surface area contributed by atoms with Gasteiger partial charge in [0.1, 0.15) is 5.78 Å². The number of hydrogen-bond acceptors (Lipinski definition) is 4. The zero-order valence-electron chi connectivity index (χ0n) is 6.83. The van der Waals surface area contributed by atoms with Crippen LogP contribution in [0.4, 0.5) is 0 Å². The van der Waals surface area contributed by atoms with Crippen molar-refractivity contribution in [2.75, 3.05) is 0 Å². The Morgan fingerprint density at radius 3 is 2.67 bits per heavy atom. The number of hydrogen-bond donors (Lipinski definition) is 0. The van der Waals surface area contributed by atoms with Crippen LogP contribution in [0.2, 0.25) is 0 Å². The minimum atomic E-state index is -0.680. The number of Topliss-reactive ketones (excluding diaryl/α,β-unsaturated/α-hetero) is 2. The number of rotatable bonds is 1. The van der Waals surface area contributed by atoms with E-state index in [1.54, 1.807) is 0 Å². The van der Waals surface area contributed by atoms with E-state index in [-0.39, 0.29) is 18.0 Å². The Hall–Kier alpha value is -1.19. The van der Waals surface area contributed by atoms with Crippen molar-refractivity contribution in [2.45, 2.75) is 32.3 Å². The van der Waals surface area contributed by atoms with Crippen molar-refractivity contribution in [3.05, 3.63) is 0 Å². The van der Waals surface area contributed by atoms with Crippen LogP contribution < -0.4 is 0 Å². The van der Waals surface area contributed by atoms with Gasteiger partial charge in [-0.15, -0.1) is 0 Å². The number of carbonyl (C=O) groups excluding carboxylic acids is 3. The maximum atomic E-state index is 11.0. The van der Waals surface area contributed by atoms with Gasteiger partial charge in [-0.1, -0.05) is 0 Å². The second kappa shape index (κ2) is 3.47. The molecule has 1 fully saturated rings. The van der Waals surface area contributed by atoms with E-state index in [1.165, 1.54) is 6.92 Å². The van der Waals surface area contributed by atoms with Crippen LogP contribution in [0.15, 0.2) is 0 Å². The van der Waals surface area contributed by atoms with E-state index in [9.17, 15) is 14.4 Å². The van der Waals surface area contributed by atoms with Crippen molar-refractivity contribution in [3.8, 4) is 0 Å². The first-order valence-electron chi connectivity index (χ1n) is 3.81. The molecule has 12 heavy (non-hydrogen) atoms. The fraction of sp³-hybridized carbons (Fsp3) is 0.625. The van der Waals surface area contributed by atoms with Gasteiger partial charge in [-0.2, -0.15) is 0 Å². The Bertz CT molecular complexity index is 231. The summed E-state index contributed by atoms with van der Waals surface area (Å²) in [5, 5.41) is 0. The van der Waals surface area contributed by atoms with Gasteiger partial charge in [-0.25, -0.2) is 0 Å². The van der Waals surface area contributed by atoms with Crippen LogP contribution in [0.25, 0.3) is 0 Å². The van der Waals surface area contributed by atoms with Crippen LogP contribution in [0.1, 0.15) is 26.2 Å². The maximum Gasteiger partial charge on any atom is 0.303 e. The second-order valence-corrected chi connectivity index (χ2v) is 2.82. The number of esters is 1. The molecule has 1 rings (SSSR count). The van der Waals surface area contributed by atoms with Gasteiger partial charge in [0.25, 0.3) is 0 Å². The highest BCUT2D eigenvalue weighted by atomic mass is 16.5. The van der Waals surface area contributed by atoms with Gasteiger partial charge in [0.05, 0.1) is 6.42 Å². The van der Waals surface area contributed by atoms with E-state index in [2.05, 4.69) is 0 Å². The standard InChI is InChI=1S/C8H10O4/c1-5(9)12-8-3-2-6(10)4-7(8)11/h8H,2-4H2,1H3. The summed E-state index contributed by atoms with van der Waals surface area (Å²) in [6, 6.07) is 0. The molecule has 0 spiro atoms. The minimum absolute atomic E-state index is 0.0663. The topological polar surface area (TPSA) is 60.4 Å². The number of carbonyl (C=O) groups is 3. The lowest BCUT2D eigenvalue weighted by Crippen LogP contribution is -2.33. The normalized spacial score (nSPS) is 23.9. The van der Waals surface area contributed by atoms with Crippen LogP contribution in [-0.2, 0) is 19.1 Å². The molecule has 0 heterocycles. The quantitative estimate of drug-likeness (QED) is 0.417. The fourth-order valence-corrected chi connectivity index (χ4v) is 1.17. The summed E-state index contributed by atoms with van der Waals surface area (Å²) in [5.41, 5.74) is 0. The first-order valence-corrected chi connectivity index (χ1v) is 3.81. The van der Waals surface area contributed by atoms with Crippen molar-refractivity contribution in [1.82, 2.24) is 0 Å². The summed E-state index contributed by atoms with van der Waals surface area (Å²) in [4.78, 5) is 32.3. The second-order valence-electron chi connectivity index (χ2n) is 2.82. The molecule has 0 N–H and O–H groups in total. The molecule has 1 unspecified atom stereocenters. The van der Waals surface area contributed by atoms with Crippen LogP contribution in [0.5, 0.6) is 0 Å². The minimum Gasteiger partial charge on any atom is -0.455 e. The lowest BCUT2D eigenvalue weighted by Gasteiger charge is -2.18. The predicted molar refractivity (Wildman–Crippen MR) is 39.4 cm³/mol. The molecule has 4 nitrogen and oxygen atoms in total. The molecule has 0 aromatic carbocycles. The summed E-state index contributed by atoms with van der Waals surface area (Å²) in [6.07, 6.45) is -0.0843. The zero-order valence-corrected chi connectivity index (χ0v) is 6.83. The summed E-state index contributed by atoms with van der Waals surface area (Å²) >= 11 is 0. The van der Waals surface area contributed by atoms with E-state index in [4.69, 9.17) is 4.74 Å². The van der Waals surface area contributed by atoms with Gasteiger partial charge in [0, 0.05) is 13.3 Å². The molecule has 0 saturated heterocycles. The third-order valence-corrected chi connectivity index (χ3v) is 1.72. The van der Waals surface area contributed by atoms with Gasteiger partial charge in [0.2, 0.25) is 0 Å². The molecule has 1 aliphatic carbocycles. The summed E-state index contributed by atoms with van der Waals surface area (Å²) in [6.45, 7) is 1.25. The molecule has 4 heteroatoms. The third kappa shape index (κ3) is 2.15. The van der Waals surface area contributed by atoms with Gasteiger partial charge in [0.15, 0.2) is 11.9 Å². The average Bonchev–Trinajstić information content (AvgIpc) is 1.94. The van der Waals surface area contributed by atoms with Gasteiger partial charge >= 0.3 is 5.97 Å². The number of ether oxygens (including phenoxy) is 1. The molecule has 0 amide bonds. The highest BCUT2D eigenvalue weighted by molar-refractivity contribution is 6.03. The summed E-state index contributed by atoms with van der Waals surface area (Å²) in [7, 11) is 0. The molecule has 0 radical (unpaired) electrons. The molecule has 1 saturated carbocycles. The van der Waals surface area contributed by atoms with E-state index in [1.807, 2.05) is 0 Å². The molecule has 0 aromatic rings. The first-order chi connectivity index (χ1) is 5.59. The smallest absolute Gasteiger partial charge is 0.303 e. The summed E-state index contributed by atoms with van der Waals surface area (Å²) < 4.78 is 4.71. The zero-order chi connectivity index (χ0) is 9.14. The molecule has 66 valence electrons. The largest absolute Gasteiger partial charge is 0.455 e. The highest BCUT2D eigenvalue weighted by Crippen LogP contribution is 2.14. The van der Waals surface area contributed by atoms with E-state index in [0.717, 1.165) is 0 Å². The number of ketones is 2. The van der Waals surface area contributed by atoms with E-state index in [0.29, 0.717) is 12.8 Å². The molecule has 0 aliphatic heterocycles. The van der Waals surface area contributed by atoms with Crippen molar-refractivity contribution >= 4 is 17.5 Å². The molecule has 0 bridgehead atoms. The van der Waals surface area contributed by atoms with Gasteiger partial charge in [-0.3, -0.25) is 14.4 Å². The lowest BCUT2D eigenvalue weighted by molar-refractivity contribution is -0.156. The van der Waals surface area contributed by atoms with E-state index >= 15 is 0 Å². The van der Waals surface area contributed by atoms with Crippen LogP contribution >= 0.6 is 0 Å². The monoisotopic (exact) mass is 170 g/mol.